The quantitative estimate of drug-likeness (QED) is 0.577. The fourth-order valence-electron chi connectivity index (χ4n) is 2.23. The molecule has 1 heterocycles. The Hall–Kier alpha value is -1.13. The topological polar surface area (TPSA) is 39.2 Å². The van der Waals surface area contributed by atoms with Gasteiger partial charge in [0, 0.05) is 9.86 Å². The average molecular weight is 357 g/mol. The number of hydrogen-bond acceptors (Lipinski definition) is 3. The van der Waals surface area contributed by atoms with Gasteiger partial charge in [-0.25, -0.2) is 9.78 Å². The zero-order valence-corrected chi connectivity index (χ0v) is 13.9. The largest absolute Gasteiger partial charge is 0.462 e. The van der Waals surface area contributed by atoms with Crippen molar-refractivity contribution in [2.75, 3.05) is 6.61 Å². The SMILES string of the molecule is CCOC(=O)c1c(Cl)nc2ccc(Br)cc2c1C(C)C. The zero-order valence-electron chi connectivity index (χ0n) is 11.5. The van der Waals surface area contributed by atoms with Crippen molar-refractivity contribution in [3.8, 4) is 0 Å². The van der Waals surface area contributed by atoms with Crippen LogP contribution in [0, 0.1) is 0 Å². The number of halogens is 2. The average Bonchev–Trinajstić information content (AvgIpc) is 2.37. The van der Waals surface area contributed by atoms with Crippen LogP contribution in [0.4, 0.5) is 0 Å². The molecule has 0 bridgehead atoms. The molecule has 5 heteroatoms. The smallest absolute Gasteiger partial charge is 0.341 e. The van der Waals surface area contributed by atoms with E-state index in [-0.39, 0.29) is 11.1 Å². The number of carbonyl (C=O) groups excluding carboxylic acids is 1. The molecule has 0 saturated heterocycles. The Morgan fingerprint density at radius 3 is 2.75 bits per heavy atom. The maximum atomic E-state index is 12.2. The summed E-state index contributed by atoms with van der Waals surface area (Å²) in [6.45, 7) is 6.12. The van der Waals surface area contributed by atoms with Crippen molar-refractivity contribution < 1.29 is 9.53 Å². The molecule has 2 rings (SSSR count). The van der Waals surface area contributed by atoms with Gasteiger partial charge in [-0.2, -0.15) is 0 Å². The molecule has 0 atom stereocenters. The van der Waals surface area contributed by atoms with E-state index in [1.165, 1.54) is 0 Å². The van der Waals surface area contributed by atoms with Crippen LogP contribution in [-0.2, 0) is 4.74 Å². The number of pyridine rings is 1. The zero-order chi connectivity index (χ0) is 14.9. The fourth-order valence-corrected chi connectivity index (χ4v) is 2.86. The number of rotatable bonds is 3. The van der Waals surface area contributed by atoms with E-state index in [9.17, 15) is 4.79 Å². The van der Waals surface area contributed by atoms with Crippen LogP contribution in [0.1, 0.15) is 42.6 Å². The lowest BCUT2D eigenvalue weighted by Crippen LogP contribution is -2.11. The van der Waals surface area contributed by atoms with Gasteiger partial charge in [0.05, 0.1) is 12.1 Å². The van der Waals surface area contributed by atoms with E-state index in [2.05, 4.69) is 20.9 Å². The minimum Gasteiger partial charge on any atom is -0.462 e. The molecule has 0 aliphatic carbocycles. The third-order valence-electron chi connectivity index (χ3n) is 3.00. The summed E-state index contributed by atoms with van der Waals surface area (Å²) in [4.78, 5) is 16.5. The Kier molecular flexibility index (Phi) is 4.66. The first kappa shape index (κ1) is 15.3. The molecule has 0 unspecified atom stereocenters. The van der Waals surface area contributed by atoms with E-state index in [1.807, 2.05) is 32.0 Å². The van der Waals surface area contributed by atoms with E-state index in [4.69, 9.17) is 16.3 Å². The van der Waals surface area contributed by atoms with Crippen LogP contribution in [0.25, 0.3) is 10.9 Å². The van der Waals surface area contributed by atoms with Gasteiger partial charge in [0.2, 0.25) is 0 Å². The standard InChI is InChI=1S/C15H15BrClNO2/c1-4-20-15(19)13-12(8(2)3)10-7-9(16)5-6-11(10)18-14(13)17/h5-8H,4H2,1-3H3. The number of hydrogen-bond donors (Lipinski definition) is 0. The molecule has 1 aromatic heterocycles. The molecule has 20 heavy (non-hydrogen) atoms. The van der Waals surface area contributed by atoms with Crippen LogP contribution in [0.3, 0.4) is 0 Å². The summed E-state index contributed by atoms with van der Waals surface area (Å²) in [5.41, 5.74) is 2.02. The summed E-state index contributed by atoms with van der Waals surface area (Å²) >= 11 is 9.65. The predicted octanol–water partition coefficient (Wildman–Crippen LogP) is 4.95. The molecule has 0 aliphatic rings. The highest BCUT2D eigenvalue weighted by Crippen LogP contribution is 2.34. The number of carbonyl (C=O) groups is 1. The summed E-state index contributed by atoms with van der Waals surface area (Å²) in [6, 6.07) is 5.74. The molecule has 1 aromatic carbocycles. The molecule has 3 nitrogen and oxygen atoms in total. The summed E-state index contributed by atoms with van der Waals surface area (Å²) in [5.74, 6) is -0.290. The van der Waals surface area contributed by atoms with Gasteiger partial charge in [-0.1, -0.05) is 41.4 Å². The molecule has 0 radical (unpaired) electrons. The second-order valence-corrected chi connectivity index (χ2v) is 6.00. The highest BCUT2D eigenvalue weighted by molar-refractivity contribution is 9.10. The Bertz CT molecular complexity index is 670. The molecule has 0 N–H and O–H groups in total. The van der Waals surface area contributed by atoms with E-state index < -0.39 is 5.97 Å². The number of benzene rings is 1. The summed E-state index contributed by atoms with van der Waals surface area (Å²) in [7, 11) is 0. The normalized spacial score (nSPS) is 11.1. The number of aromatic nitrogens is 1. The fraction of sp³-hybridized carbons (Fsp3) is 0.333. The second-order valence-electron chi connectivity index (χ2n) is 4.73. The highest BCUT2D eigenvalue weighted by Gasteiger charge is 2.23. The predicted molar refractivity (Wildman–Crippen MR) is 84.5 cm³/mol. The maximum Gasteiger partial charge on any atom is 0.341 e. The number of nitrogens with zero attached hydrogens (tertiary/aromatic N) is 1. The summed E-state index contributed by atoms with van der Waals surface area (Å²) in [5, 5.41) is 1.11. The van der Waals surface area contributed by atoms with Crippen molar-refractivity contribution in [3.63, 3.8) is 0 Å². The minimum absolute atomic E-state index is 0.131. The summed E-state index contributed by atoms with van der Waals surface area (Å²) in [6.07, 6.45) is 0. The number of fused-ring (bicyclic) bond motifs is 1. The van der Waals surface area contributed by atoms with Gasteiger partial charge in [-0.05, 0) is 36.6 Å². The molecule has 0 spiro atoms. The van der Waals surface area contributed by atoms with Crippen LogP contribution in [-0.4, -0.2) is 17.6 Å². The minimum atomic E-state index is -0.421. The molecule has 0 aliphatic heterocycles. The Morgan fingerprint density at radius 1 is 1.45 bits per heavy atom. The van der Waals surface area contributed by atoms with Crippen molar-refractivity contribution in [2.24, 2.45) is 0 Å². The van der Waals surface area contributed by atoms with Crippen LogP contribution in [0.5, 0.6) is 0 Å². The molecule has 0 fully saturated rings. The van der Waals surface area contributed by atoms with Crippen molar-refractivity contribution in [1.82, 2.24) is 4.98 Å². The second kappa shape index (κ2) is 6.10. The van der Waals surface area contributed by atoms with Gasteiger partial charge < -0.3 is 4.74 Å². The molecule has 0 amide bonds. The van der Waals surface area contributed by atoms with Gasteiger partial charge >= 0.3 is 5.97 Å². The van der Waals surface area contributed by atoms with Gasteiger partial charge in [0.15, 0.2) is 0 Å². The van der Waals surface area contributed by atoms with Gasteiger partial charge in [-0.3, -0.25) is 0 Å². The lowest BCUT2D eigenvalue weighted by atomic mass is 9.94. The van der Waals surface area contributed by atoms with E-state index in [0.29, 0.717) is 12.2 Å². The van der Waals surface area contributed by atoms with Crippen LogP contribution >= 0.6 is 27.5 Å². The van der Waals surface area contributed by atoms with Crippen LogP contribution in [0.15, 0.2) is 22.7 Å². The van der Waals surface area contributed by atoms with Gasteiger partial charge in [0.25, 0.3) is 0 Å². The molecule has 2 aromatic rings. The van der Waals surface area contributed by atoms with Crippen molar-refractivity contribution in [2.45, 2.75) is 26.7 Å². The number of esters is 1. The molecular weight excluding hydrogens is 342 g/mol. The maximum absolute atomic E-state index is 12.2. The van der Waals surface area contributed by atoms with Crippen molar-refractivity contribution >= 4 is 44.4 Å². The Labute approximate surface area is 131 Å². The Morgan fingerprint density at radius 2 is 2.15 bits per heavy atom. The third kappa shape index (κ3) is 2.81. The Balaban J connectivity index is 2.82. The molecule has 106 valence electrons. The van der Waals surface area contributed by atoms with E-state index in [1.54, 1.807) is 6.92 Å². The van der Waals surface area contributed by atoms with Gasteiger partial charge in [0.1, 0.15) is 10.7 Å². The monoisotopic (exact) mass is 355 g/mol. The molecule has 0 saturated carbocycles. The van der Waals surface area contributed by atoms with Crippen LogP contribution < -0.4 is 0 Å². The third-order valence-corrected chi connectivity index (χ3v) is 3.77. The first-order valence-corrected chi connectivity index (χ1v) is 7.58. The lowest BCUT2D eigenvalue weighted by Gasteiger charge is -2.16. The lowest BCUT2D eigenvalue weighted by molar-refractivity contribution is 0.0524. The highest BCUT2D eigenvalue weighted by atomic mass is 79.9. The van der Waals surface area contributed by atoms with Crippen LogP contribution in [0.2, 0.25) is 5.15 Å². The van der Waals surface area contributed by atoms with E-state index in [0.717, 1.165) is 20.9 Å². The number of ether oxygens (including phenoxy) is 1. The first-order valence-electron chi connectivity index (χ1n) is 6.41. The van der Waals surface area contributed by atoms with E-state index >= 15 is 0 Å². The van der Waals surface area contributed by atoms with Gasteiger partial charge in [-0.15, -0.1) is 0 Å². The van der Waals surface area contributed by atoms with Crippen molar-refractivity contribution in [1.29, 1.82) is 0 Å². The van der Waals surface area contributed by atoms with Crippen molar-refractivity contribution in [3.05, 3.63) is 39.0 Å². The summed E-state index contributed by atoms with van der Waals surface area (Å²) < 4.78 is 6.04. The molecular formula is C15H15BrClNO2. The first-order chi connectivity index (χ1) is 9.45.